The number of benzene rings is 3. The maximum atomic E-state index is 13.2. The van der Waals surface area contributed by atoms with Gasteiger partial charge < -0.3 is 33.3 Å². The molecule has 0 bridgehead atoms. The molecule has 0 aliphatic carbocycles. The van der Waals surface area contributed by atoms with Gasteiger partial charge in [-0.25, -0.2) is 9.46 Å². The first-order chi connectivity index (χ1) is 28.3. The number of unbranched alkanes of at least 4 members (excludes halogenated alkanes) is 2. The summed E-state index contributed by atoms with van der Waals surface area (Å²) in [4.78, 5) is 39.0. The summed E-state index contributed by atoms with van der Waals surface area (Å²) in [5.74, 6) is -0.628. The monoisotopic (exact) mass is 844 g/mol. The van der Waals surface area contributed by atoms with E-state index in [1.165, 1.54) is 10.8 Å². The van der Waals surface area contributed by atoms with Crippen molar-refractivity contribution in [2.75, 3.05) is 47.1 Å². The second kappa shape index (κ2) is 21.1. The summed E-state index contributed by atoms with van der Waals surface area (Å²) in [5.41, 5.74) is 0.471. The van der Waals surface area contributed by atoms with Gasteiger partial charge in [0.2, 0.25) is 0 Å². The normalized spacial score (nSPS) is 17.5. The number of methoxy groups -OCH3 is 2. The standard InChI is InChI=1S/C42H52F3N4O9P/c1-6-48(7-2)59(56-25-13-9-12-24-46-39(51)42(43,44)45)58-35-26-37(49-27-29(3)38(50)47-40(49)52)57-36(35)28-55-41(30-14-10-8-11-15-30,31-16-20-33(53-4)21-17-31)32-18-22-34(54-5)23-19-32/h8,10-11,14-23,27,35-37H,6-7,9,12-13,24-26,28H2,1-5H3,(H,46,51)(H,47,50,52)/t35-,36+,37+,59?/m0/s1. The Kier molecular flexibility index (Phi) is 16.3. The van der Waals surface area contributed by atoms with Gasteiger partial charge >= 0.3 is 17.8 Å². The Bertz CT molecular complexity index is 2000. The lowest BCUT2D eigenvalue weighted by atomic mass is 9.80. The lowest BCUT2D eigenvalue weighted by molar-refractivity contribution is -0.173. The van der Waals surface area contributed by atoms with E-state index in [9.17, 15) is 27.6 Å². The van der Waals surface area contributed by atoms with Gasteiger partial charge in [-0.3, -0.25) is 19.1 Å². The number of halogens is 3. The summed E-state index contributed by atoms with van der Waals surface area (Å²) in [6.07, 6.45) is -4.12. The molecule has 4 atom stereocenters. The number of rotatable bonds is 21. The van der Waals surface area contributed by atoms with Crippen LogP contribution in [0.5, 0.6) is 11.5 Å². The van der Waals surface area contributed by atoms with E-state index in [0.717, 1.165) is 16.7 Å². The minimum atomic E-state index is -4.93. The molecule has 0 radical (unpaired) electrons. The van der Waals surface area contributed by atoms with Gasteiger partial charge in [0, 0.05) is 37.8 Å². The average molecular weight is 845 g/mol. The molecule has 13 nitrogen and oxygen atoms in total. The summed E-state index contributed by atoms with van der Waals surface area (Å²) in [6.45, 7) is 6.86. The number of nitrogens with zero attached hydrogens (tertiary/aromatic N) is 2. The summed E-state index contributed by atoms with van der Waals surface area (Å²) >= 11 is 0. The zero-order chi connectivity index (χ0) is 42.6. The van der Waals surface area contributed by atoms with Crippen molar-refractivity contribution in [2.24, 2.45) is 0 Å². The second-order valence-electron chi connectivity index (χ2n) is 13.8. The van der Waals surface area contributed by atoms with Crippen LogP contribution in [0.2, 0.25) is 0 Å². The quantitative estimate of drug-likeness (QED) is 0.0513. The molecular weight excluding hydrogens is 792 g/mol. The lowest BCUT2D eigenvalue weighted by Gasteiger charge is -2.37. The van der Waals surface area contributed by atoms with E-state index < -0.39 is 55.9 Å². The Labute approximate surface area is 342 Å². The molecule has 320 valence electrons. The Morgan fingerprint density at radius 2 is 1.49 bits per heavy atom. The van der Waals surface area contributed by atoms with E-state index in [1.807, 2.05) is 103 Å². The third-order valence-electron chi connectivity index (χ3n) is 10.0. The first-order valence-corrected chi connectivity index (χ1v) is 20.6. The highest BCUT2D eigenvalue weighted by Gasteiger charge is 2.44. The van der Waals surface area contributed by atoms with Gasteiger partial charge in [-0.2, -0.15) is 13.2 Å². The van der Waals surface area contributed by atoms with Crippen molar-refractivity contribution in [3.8, 4) is 11.5 Å². The summed E-state index contributed by atoms with van der Waals surface area (Å²) in [6, 6.07) is 25.0. The molecule has 1 amide bonds. The van der Waals surface area contributed by atoms with Crippen LogP contribution in [0.25, 0.3) is 0 Å². The predicted octanol–water partition coefficient (Wildman–Crippen LogP) is 6.98. The molecule has 2 heterocycles. The van der Waals surface area contributed by atoms with Crippen molar-refractivity contribution in [3.63, 3.8) is 0 Å². The number of hydrogen-bond donors (Lipinski definition) is 2. The third-order valence-corrected chi connectivity index (χ3v) is 11.9. The molecule has 1 fully saturated rings. The van der Waals surface area contributed by atoms with Crippen molar-refractivity contribution in [1.82, 2.24) is 19.5 Å². The molecule has 1 aliphatic rings. The molecule has 5 rings (SSSR count). The van der Waals surface area contributed by atoms with Crippen LogP contribution in [0, 0.1) is 6.92 Å². The van der Waals surface area contributed by atoms with E-state index in [4.69, 9.17) is 28.0 Å². The van der Waals surface area contributed by atoms with E-state index >= 15 is 0 Å². The minimum absolute atomic E-state index is 0.0176. The number of amides is 1. The number of nitrogens with one attached hydrogen (secondary N) is 2. The molecule has 4 aromatic rings. The molecule has 0 saturated carbocycles. The summed E-state index contributed by atoms with van der Waals surface area (Å²) < 4.78 is 79.1. The third kappa shape index (κ3) is 11.4. The number of H-pyrrole nitrogens is 1. The van der Waals surface area contributed by atoms with Crippen molar-refractivity contribution in [1.29, 1.82) is 0 Å². The van der Waals surface area contributed by atoms with E-state index in [0.29, 0.717) is 49.4 Å². The minimum Gasteiger partial charge on any atom is -0.497 e. The van der Waals surface area contributed by atoms with Crippen LogP contribution in [0.1, 0.15) is 68.0 Å². The van der Waals surface area contributed by atoms with E-state index in [-0.39, 0.29) is 26.2 Å². The van der Waals surface area contributed by atoms with E-state index in [2.05, 4.69) is 4.98 Å². The number of ether oxygens (including phenoxy) is 4. The highest BCUT2D eigenvalue weighted by molar-refractivity contribution is 7.44. The van der Waals surface area contributed by atoms with Crippen LogP contribution < -0.4 is 26.0 Å². The van der Waals surface area contributed by atoms with Crippen LogP contribution in [0.15, 0.2) is 94.6 Å². The number of carbonyl (C=O) groups excluding carboxylic acids is 1. The maximum Gasteiger partial charge on any atom is 0.471 e. The highest BCUT2D eigenvalue weighted by Crippen LogP contribution is 2.48. The Morgan fingerprint density at radius 3 is 2.05 bits per heavy atom. The zero-order valence-electron chi connectivity index (χ0n) is 33.8. The number of aromatic amines is 1. The predicted molar refractivity (Wildman–Crippen MR) is 216 cm³/mol. The number of hydrogen-bond acceptors (Lipinski definition) is 10. The number of carbonyl (C=O) groups is 1. The molecule has 1 unspecified atom stereocenters. The molecule has 59 heavy (non-hydrogen) atoms. The first-order valence-electron chi connectivity index (χ1n) is 19.5. The smallest absolute Gasteiger partial charge is 0.471 e. The van der Waals surface area contributed by atoms with Crippen molar-refractivity contribution < 1.29 is 46.0 Å². The summed E-state index contributed by atoms with van der Waals surface area (Å²) in [5, 5.41) is 1.89. The van der Waals surface area contributed by atoms with Gasteiger partial charge in [0.15, 0.2) is 0 Å². The Morgan fingerprint density at radius 1 is 0.898 bits per heavy atom. The van der Waals surface area contributed by atoms with Gasteiger partial charge in [0.05, 0.1) is 33.5 Å². The average Bonchev–Trinajstić information content (AvgIpc) is 3.64. The van der Waals surface area contributed by atoms with Gasteiger partial charge in [-0.1, -0.05) is 68.4 Å². The molecule has 0 spiro atoms. The van der Waals surface area contributed by atoms with Crippen LogP contribution in [-0.4, -0.2) is 85.6 Å². The molecular formula is C42H52F3N4O9P. The molecule has 1 aliphatic heterocycles. The number of aromatic nitrogens is 2. The van der Waals surface area contributed by atoms with Crippen LogP contribution in [0.4, 0.5) is 13.2 Å². The van der Waals surface area contributed by atoms with Crippen LogP contribution in [0.3, 0.4) is 0 Å². The van der Waals surface area contributed by atoms with Crippen LogP contribution >= 0.6 is 8.53 Å². The topological polar surface area (TPSA) is 143 Å². The van der Waals surface area contributed by atoms with Crippen molar-refractivity contribution >= 4 is 14.4 Å². The van der Waals surface area contributed by atoms with Gasteiger partial charge in [-0.15, -0.1) is 0 Å². The second-order valence-corrected chi connectivity index (χ2v) is 15.3. The SMILES string of the molecule is CCN(CC)P(OCCCCCNC(=O)C(F)(F)F)O[C@H]1C[C@H](n2cc(C)c(=O)[nH]c2=O)O[C@@H]1COC(c1ccccc1)(c1ccc(OC)cc1)c1ccc(OC)cc1. The van der Waals surface area contributed by atoms with Gasteiger partial charge in [0.25, 0.3) is 14.1 Å². The van der Waals surface area contributed by atoms with Gasteiger partial charge in [-0.05, 0) is 67.1 Å². The fraction of sp³-hybridized carbons (Fsp3) is 0.452. The largest absolute Gasteiger partial charge is 0.497 e. The van der Waals surface area contributed by atoms with E-state index in [1.54, 1.807) is 21.1 Å². The first kappa shape index (κ1) is 45.5. The fourth-order valence-electron chi connectivity index (χ4n) is 6.81. The highest BCUT2D eigenvalue weighted by atomic mass is 31.2. The fourth-order valence-corrected chi connectivity index (χ4v) is 8.37. The van der Waals surface area contributed by atoms with Crippen LogP contribution in [-0.2, 0) is 28.9 Å². The van der Waals surface area contributed by atoms with Crippen molar-refractivity contribution in [3.05, 3.63) is 128 Å². The molecule has 17 heteroatoms. The maximum absolute atomic E-state index is 13.2. The zero-order valence-corrected chi connectivity index (χ0v) is 34.7. The molecule has 2 N–H and O–H groups in total. The van der Waals surface area contributed by atoms with Gasteiger partial charge in [0.1, 0.15) is 29.4 Å². The Hall–Kier alpha value is -4.57. The lowest BCUT2D eigenvalue weighted by Crippen LogP contribution is -2.39. The molecule has 1 saturated heterocycles. The molecule has 1 aromatic heterocycles. The number of aryl methyl sites for hydroxylation is 1. The molecule has 3 aromatic carbocycles. The summed E-state index contributed by atoms with van der Waals surface area (Å²) in [7, 11) is 1.51. The number of alkyl halides is 3. The Balaban J connectivity index is 1.46. The van der Waals surface area contributed by atoms with Crippen molar-refractivity contribution in [2.45, 2.75) is 76.7 Å².